The average Bonchev–Trinajstić information content (AvgIpc) is 3.27. The molecular weight excluding hydrogens is 533 g/mol. The maximum atomic E-state index is 14.6. The fraction of sp³-hybridized carbons (Fsp3) is 0.458. The lowest BCUT2D eigenvalue weighted by Gasteiger charge is -2.35. The van der Waals surface area contributed by atoms with Crippen molar-refractivity contribution in [1.82, 2.24) is 24.5 Å². The third-order valence-electron chi connectivity index (χ3n) is 6.29. The van der Waals surface area contributed by atoms with Crippen LogP contribution in [0, 0.1) is 6.92 Å². The molecular formula is C24H26F5N5O3S. The van der Waals surface area contributed by atoms with E-state index in [0.717, 1.165) is 0 Å². The standard InChI is InChI=1S/C24H26F5N5O3S/c1-3-16-8-17(18-5-7-22(30-12-18)37-13-24(27,28)29)4-6-21(16)38(35,36)33-19-9-20(11-23(25,26)10-19)34-14-31-32-15(34)2/h4-8,12,14,19-20,33H,3,9-11,13H2,1-2H3. The molecule has 14 heteroatoms. The number of sulfonamides is 1. The van der Waals surface area contributed by atoms with E-state index in [0.29, 0.717) is 28.9 Å². The predicted molar refractivity (Wildman–Crippen MR) is 127 cm³/mol. The van der Waals surface area contributed by atoms with Crippen molar-refractivity contribution < 1.29 is 35.1 Å². The average molecular weight is 560 g/mol. The number of rotatable bonds is 8. The quantitative estimate of drug-likeness (QED) is 0.396. The zero-order valence-electron chi connectivity index (χ0n) is 20.5. The van der Waals surface area contributed by atoms with Crippen molar-refractivity contribution in [1.29, 1.82) is 0 Å². The van der Waals surface area contributed by atoms with E-state index in [1.165, 1.54) is 41.4 Å². The first-order valence-electron chi connectivity index (χ1n) is 11.8. The first-order valence-corrected chi connectivity index (χ1v) is 13.3. The molecule has 1 aromatic carbocycles. The predicted octanol–water partition coefficient (Wildman–Crippen LogP) is 4.86. The number of alkyl halides is 5. The topological polar surface area (TPSA) is 99.0 Å². The number of pyridine rings is 1. The molecule has 1 aliphatic rings. The molecule has 38 heavy (non-hydrogen) atoms. The van der Waals surface area contributed by atoms with Crippen molar-refractivity contribution >= 4 is 10.0 Å². The van der Waals surface area contributed by atoms with Gasteiger partial charge in [0.05, 0.1) is 4.90 Å². The third-order valence-corrected chi connectivity index (χ3v) is 7.91. The van der Waals surface area contributed by atoms with Crippen LogP contribution in [-0.4, -0.2) is 52.9 Å². The summed E-state index contributed by atoms with van der Waals surface area (Å²) in [5.74, 6) is -2.81. The summed E-state index contributed by atoms with van der Waals surface area (Å²) in [4.78, 5) is 3.84. The minimum absolute atomic E-state index is 0.0345. The second-order valence-corrected chi connectivity index (χ2v) is 10.9. The number of hydrogen-bond acceptors (Lipinski definition) is 6. The van der Waals surface area contributed by atoms with E-state index in [1.807, 2.05) is 0 Å². The maximum absolute atomic E-state index is 14.6. The molecule has 0 amide bonds. The molecule has 1 saturated carbocycles. The largest absolute Gasteiger partial charge is 0.468 e. The fourth-order valence-electron chi connectivity index (χ4n) is 4.62. The van der Waals surface area contributed by atoms with Crippen molar-refractivity contribution in [3.63, 3.8) is 0 Å². The third kappa shape index (κ3) is 6.65. The maximum Gasteiger partial charge on any atom is 0.422 e. The number of hydrogen-bond donors (Lipinski definition) is 1. The van der Waals surface area contributed by atoms with Crippen LogP contribution in [0.5, 0.6) is 5.88 Å². The lowest BCUT2D eigenvalue weighted by atomic mass is 9.88. The summed E-state index contributed by atoms with van der Waals surface area (Å²) in [5.41, 5.74) is 1.57. The number of nitrogens with one attached hydrogen (secondary N) is 1. The highest BCUT2D eigenvalue weighted by Crippen LogP contribution is 2.40. The zero-order chi connectivity index (χ0) is 27.7. The molecule has 2 heterocycles. The first kappa shape index (κ1) is 27.9. The Morgan fingerprint density at radius 2 is 1.89 bits per heavy atom. The Kier molecular flexibility index (Phi) is 7.75. The SMILES string of the molecule is CCc1cc(-c2ccc(OCC(F)(F)F)nc2)ccc1S(=O)(=O)NC1CC(n2cnnc2C)CC(F)(F)C1. The molecule has 1 aliphatic carbocycles. The minimum atomic E-state index is -4.49. The van der Waals surface area contributed by atoms with Crippen LogP contribution in [-0.2, 0) is 16.4 Å². The van der Waals surface area contributed by atoms with Gasteiger partial charge in [0.25, 0.3) is 5.92 Å². The Morgan fingerprint density at radius 3 is 2.50 bits per heavy atom. The second kappa shape index (κ2) is 10.6. The van der Waals surface area contributed by atoms with Gasteiger partial charge in [-0.05, 0) is 49.1 Å². The summed E-state index contributed by atoms with van der Waals surface area (Å²) >= 11 is 0. The van der Waals surface area contributed by atoms with Crippen LogP contribution in [0.25, 0.3) is 11.1 Å². The Hall–Kier alpha value is -3.13. The van der Waals surface area contributed by atoms with Crippen LogP contribution in [0.2, 0.25) is 0 Å². The summed E-state index contributed by atoms with van der Waals surface area (Å²) in [6.07, 6.45) is -2.38. The zero-order valence-corrected chi connectivity index (χ0v) is 21.4. The van der Waals surface area contributed by atoms with Gasteiger partial charge >= 0.3 is 6.18 Å². The molecule has 2 aromatic heterocycles. The molecule has 3 aromatic rings. The molecule has 0 radical (unpaired) electrons. The normalized spacial score (nSPS) is 19.9. The molecule has 1 fully saturated rings. The van der Waals surface area contributed by atoms with Crippen LogP contribution >= 0.6 is 0 Å². The monoisotopic (exact) mass is 559 g/mol. The van der Waals surface area contributed by atoms with Gasteiger partial charge in [-0.2, -0.15) is 13.2 Å². The summed E-state index contributed by atoms with van der Waals surface area (Å²) in [7, 11) is -4.15. The van der Waals surface area contributed by atoms with Gasteiger partial charge in [-0.15, -0.1) is 10.2 Å². The molecule has 2 atom stereocenters. The summed E-state index contributed by atoms with van der Waals surface area (Å²) in [6.45, 7) is 1.93. The highest BCUT2D eigenvalue weighted by molar-refractivity contribution is 7.89. The van der Waals surface area contributed by atoms with Crippen LogP contribution < -0.4 is 9.46 Å². The van der Waals surface area contributed by atoms with Gasteiger partial charge < -0.3 is 9.30 Å². The number of halogens is 5. The fourth-order valence-corrected chi connectivity index (χ4v) is 6.16. The number of benzene rings is 1. The first-order chi connectivity index (χ1) is 17.8. The molecule has 1 N–H and O–H groups in total. The van der Waals surface area contributed by atoms with Crippen molar-refractivity contribution in [2.24, 2.45) is 0 Å². The highest BCUT2D eigenvalue weighted by atomic mass is 32.2. The smallest absolute Gasteiger partial charge is 0.422 e. The van der Waals surface area contributed by atoms with Gasteiger partial charge in [-0.3, -0.25) is 0 Å². The van der Waals surface area contributed by atoms with Gasteiger partial charge in [0.15, 0.2) is 6.61 Å². The molecule has 206 valence electrons. The van der Waals surface area contributed by atoms with Crippen molar-refractivity contribution in [2.45, 2.75) is 68.6 Å². The summed E-state index contributed by atoms with van der Waals surface area (Å²) < 4.78 is 101. The summed E-state index contributed by atoms with van der Waals surface area (Å²) in [5, 5.41) is 7.58. The van der Waals surface area contributed by atoms with Crippen LogP contribution in [0.15, 0.2) is 47.8 Å². The molecule has 0 saturated heterocycles. The van der Waals surface area contributed by atoms with Crippen molar-refractivity contribution in [3.8, 4) is 17.0 Å². The highest BCUT2D eigenvalue weighted by Gasteiger charge is 2.43. The Balaban J connectivity index is 1.53. The Bertz CT molecular complexity index is 1380. The van der Waals surface area contributed by atoms with Gasteiger partial charge in [0, 0.05) is 42.8 Å². The van der Waals surface area contributed by atoms with E-state index in [2.05, 4.69) is 24.6 Å². The molecule has 4 rings (SSSR count). The molecule has 0 spiro atoms. The number of aromatic nitrogens is 4. The number of ether oxygens (including phenoxy) is 1. The Labute approximate surface area is 216 Å². The van der Waals surface area contributed by atoms with Gasteiger partial charge in [0.1, 0.15) is 12.2 Å². The van der Waals surface area contributed by atoms with E-state index in [4.69, 9.17) is 0 Å². The van der Waals surface area contributed by atoms with Gasteiger partial charge in [0.2, 0.25) is 15.9 Å². The minimum Gasteiger partial charge on any atom is -0.468 e. The van der Waals surface area contributed by atoms with E-state index < -0.39 is 53.7 Å². The lowest BCUT2D eigenvalue weighted by Crippen LogP contribution is -2.45. The van der Waals surface area contributed by atoms with Gasteiger partial charge in [-0.1, -0.05) is 13.0 Å². The van der Waals surface area contributed by atoms with E-state index in [-0.39, 0.29) is 17.2 Å². The van der Waals surface area contributed by atoms with Crippen molar-refractivity contribution in [2.75, 3.05) is 6.61 Å². The van der Waals surface area contributed by atoms with Crippen LogP contribution in [0.1, 0.15) is 43.6 Å². The second-order valence-electron chi connectivity index (χ2n) is 9.22. The Morgan fingerprint density at radius 1 is 1.16 bits per heavy atom. The van der Waals surface area contributed by atoms with E-state index in [9.17, 15) is 30.4 Å². The molecule has 0 bridgehead atoms. The molecule has 8 nitrogen and oxygen atoms in total. The van der Waals surface area contributed by atoms with Gasteiger partial charge in [-0.25, -0.2) is 26.9 Å². The lowest BCUT2D eigenvalue weighted by molar-refractivity contribution is -0.154. The summed E-state index contributed by atoms with van der Waals surface area (Å²) in [6, 6.07) is 5.67. The molecule has 2 unspecified atom stereocenters. The number of nitrogens with zero attached hydrogens (tertiary/aromatic N) is 4. The van der Waals surface area contributed by atoms with Crippen LogP contribution in [0.3, 0.4) is 0 Å². The van der Waals surface area contributed by atoms with Crippen LogP contribution in [0.4, 0.5) is 22.0 Å². The van der Waals surface area contributed by atoms with E-state index >= 15 is 0 Å². The van der Waals surface area contributed by atoms with Crippen molar-refractivity contribution in [3.05, 3.63) is 54.2 Å². The number of aryl methyl sites for hydroxylation is 2. The molecule has 0 aliphatic heterocycles. The van der Waals surface area contributed by atoms with E-state index in [1.54, 1.807) is 19.9 Å².